The summed E-state index contributed by atoms with van der Waals surface area (Å²) in [6.07, 6.45) is 2.01. The number of carbonyl (C=O) groups is 1. The van der Waals surface area contributed by atoms with Crippen LogP contribution in [0.25, 0.3) is 0 Å². The summed E-state index contributed by atoms with van der Waals surface area (Å²) < 4.78 is 0. The Morgan fingerprint density at radius 2 is 2.50 bits per heavy atom. The average Bonchev–Trinajstić information content (AvgIpc) is 2.12. The molecule has 1 unspecified atom stereocenters. The first-order valence-corrected chi connectivity index (χ1v) is 2.09. The molecule has 0 radical (unpaired) electrons. The monoisotopic (exact) mass is 115 g/mol. The third-order valence-electron chi connectivity index (χ3n) is 0.749. The van der Waals surface area contributed by atoms with E-state index in [0.717, 1.165) is 0 Å². The zero-order chi connectivity index (χ0) is 5.98. The lowest BCUT2D eigenvalue weighted by atomic mass is 10.3. The Labute approximate surface area is 45.8 Å². The lowest BCUT2D eigenvalue weighted by molar-refractivity contribution is -0.246. The molecule has 0 saturated heterocycles. The summed E-state index contributed by atoms with van der Waals surface area (Å²) in [5.41, 5.74) is 4.80. The minimum absolute atomic E-state index is 0.543. The average molecular weight is 115 g/mol. The standard InChI is InChI=1S/C4H5NO3/c5-4(6)3-1-2-7-8-3/h1-3H,(H2,5,6). The molecule has 1 atom stereocenters. The van der Waals surface area contributed by atoms with Crippen LogP contribution in [-0.4, -0.2) is 12.0 Å². The van der Waals surface area contributed by atoms with Crippen LogP contribution >= 0.6 is 0 Å². The summed E-state index contributed by atoms with van der Waals surface area (Å²) in [4.78, 5) is 18.7. The topological polar surface area (TPSA) is 61.6 Å². The molecule has 0 aromatic carbocycles. The van der Waals surface area contributed by atoms with Crippen molar-refractivity contribution in [1.82, 2.24) is 0 Å². The molecule has 1 aliphatic rings. The molecule has 4 heteroatoms. The van der Waals surface area contributed by atoms with Crippen molar-refractivity contribution in [3.8, 4) is 0 Å². The van der Waals surface area contributed by atoms with Gasteiger partial charge in [0.25, 0.3) is 5.91 Å². The number of primary amides is 1. The van der Waals surface area contributed by atoms with Gasteiger partial charge in [0.1, 0.15) is 6.26 Å². The molecule has 0 aromatic rings. The van der Waals surface area contributed by atoms with Crippen LogP contribution < -0.4 is 5.73 Å². The van der Waals surface area contributed by atoms with Crippen molar-refractivity contribution in [2.24, 2.45) is 5.73 Å². The fourth-order valence-electron chi connectivity index (χ4n) is 0.370. The lowest BCUT2D eigenvalue weighted by Gasteiger charge is -1.96. The van der Waals surface area contributed by atoms with Gasteiger partial charge in [0.05, 0.1) is 0 Å². The van der Waals surface area contributed by atoms with Gasteiger partial charge < -0.3 is 10.6 Å². The molecule has 44 valence electrons. The molecular formula is C4H5NO3. The van der Waals surface area contributed by atoms with Crippen LogP contribution in [0.5, 0.6) is 0 Å². The zero-order valence-corrected chi connectivity index (χ0v) is 4.03. The van der Waals surface area contributed by atoms with E-state index in [1.165, 1.54) is 12.3 Å². The minimum Gasteiger partial charge on any atom is -0.367 e. The third-order valence-corrected chi connectivity index (χ3v) is 0.749. The van der Waals surface area contributed by atoms with Crippen LogP contribution in [0.4, 0.5) is 0 Å². The molecule has 4 nitrogen and oxygen atoms in total. The van der Waals surface area contributed by atoms with E-state index >= 15 is 0 Å². The van der Waals surface area contributed by atoms with E-state index in [-0.39, 0.29) is 0 Å². The van der Waals surface area contributed by atoms with Gasteiger partial charge in [-0.2, -0.15) is 4.89 Å². The van der Waals surface area contributed by atoms with E-state index in [1.807, 2.05) is 0 Å². The SMILES string of the molecule is NC(=O)C1C=COO1. The van der Waals surface area contributed by atoms with Crippen LogP contribution in [0.1, 0.15) is 0 Å². The number of amides is 1. The first kappa shape index (κ1) is 5.11. The Balaban J connectivity index is 2.48. The molecule has 1 rings (SSSR count). The molecule has 1 heterocycles. The second-order valence-corrected chi connectivity index (χ2v) is 1.34. The van der Waals surface area contributed by atoms with Crippen LogP contribution in [0.3, 0.4) is 0 Å². The van der Waals surface area contributed by atoms with Gasteiger partial charge in [-0.05, 0) is 6.08 Å². The summed E-state index contributed by atoms with van der Waals surface area (Å²) in [6, 6.07) is 0. The smallest absolute Gasteiger partial charge is 0.255 e. The van der Waals surface area contributed by atoms with E-state index < -0.39 is 12.0 Å². The first-order chi connectivity index (χ1) is 3.80. The molecule has 0 saturated carbocycles. The molecule has 2 N–H and O–H groups in total. The second kappa shape index (κ2) is 1.83. The Morgan fingerprint density at radius 3 is 2.75 bits per heavy atom. The largest absolute Gasteiger partial charge is 0.367 e. The summed E-state index contributed by atoms with van der Waals surface area (Å²) in [7, 11) is 0. The number of hydrogen-bond acceptors (Lipinski definition) is 3. The van der Waals surface area contributed by atoms with Gasteiger partial charge in [-0.25, -0.2) is 0 Å². The summed E-state index contributed by atoms with van der Waals surface area (Å²) in [6.45, 7) is 0. The normalized spacial score (nSPS) is 25.2. The summed E-state index contributed by atoms with van der Waals surface area (Å²) in [5, 5.41) is 0. The van der Waals surface area contributed by atoms with Crippen LogP contribution in [0.15, 0.2) is 12.3 Å². The fraction of sp³-hybridized carbons (Fsp3) is 0.250. The molecule has 0 aliphatic carbocycles. The molecular weight excluding hydrogens is 110 g/mol. The summed E-state index contributed by atoms with van der Waals surface area (Å²) in [5.74, 6) is -0.543. The van der Waals surface area contributed by atoms with E-state index in [4.69, 9.17) is 5.73 Å². The van der Waals surface area contributed by atoms with E-state index in [1.54, 1.807) is 0 Å². The van der Waals surface area contributed by atoms with Crippen molar-refractivity contribution in [2.45, 2.75) is 6.10 Å². The van der Waals surface area contributed by atoms with E-state index in [2.05, 4.69) is 9.78 Å². The van der Waals surface area contributed by atoms with E-state index in [9.17, 15) is 4.79 Å². The molecule has 0 aromatic heterocycles. The predicted octanol–water partition coefficient (Wildman–Crippen LogP) is -0.684. The Kier molecular flexibility index (Phi) is 1.17. The van der Waals surface area contributed by atoms with Crippen LogP contribution in [0, 0.1) is 0 Å². The molecule has 0 fully saturated rings. The van der Waals surface area contributed by atoms with Crippen molar-refractivity contribution >= 4 is 5.91 Å². The zero-order valence-electron chi connectivity index (χ0n) is 4.03. The fourth-order valence-corrected chi connectivity index (χ4v) is 0.370. The highest BCUT2D eigenvalue weighted by Gasteiger charge is 2.17. The van der Waals surface area contributed by atoms with Gasteiger partial charge in [-0.15, -0.1) is 0 Å². The highest BCUT2D eigenvalue weighted by atomic mass is 17.2. The maximum Gasteiger partial charge on any atom is 0.255 e. The Bertz CT molecular complexity index is 131. The second-order valence-electron chi connectivity index (χ2n) is 1.34. The highest BCUT2D eigenvalue weighted by molar-refractivity contribution is 5.80. The van der Waals surface area contributed by atoms with Crippen LogP contribution in [-0.2, 0) is 14.6 Å². The molecule has 1 aliphatic heterocycles. The van der Waals surface area contributed by atoms with Gasteiger partial charge >= 0.3 is 0 Å². The number of rotatable bonds is 1. The Morgan fingerprint density at radius 1 is 1.75 bits per heavy atom. The molecule has 8 heavy (non-hydrogen) atoms. The van der Waals surface area contributed by atoms with E-state index in [0.29, 0.717) is 0 Å². The van der Waals surface area contributed by atoms with Gasteiger partial charge in [0.2, 0.25) is 6.10 Å². The van der Waals surface area contributed by atoms with Gasteiger partial charge in [0, 0.05) is 0 Å². The first-order valence-electron chi connectivity index (χ1n) is 2.09. The van der Waals surface area contributed by atoms with Crippen molar-refractivity contribution in [3.63, 3.8) is 0 Å². The van der Waals surface area contributed by atoms with Gasteiger partial charge in [0.15, 0.2) is 0 Å². The van der Waals surface area contributed by atoms with Gasteiger partial charge in [-0.3, -0.25) is 4.79 Å². The lowest BCUT2D eigenvalue weighted by Crippen LogP contribution is -2.26. The number of carbonyl (C=O) groups excluding carboxylic acids is 1. The molecule has 1 amide bonds. The maximum atomic E-state index is 10.2. The Hall–Kier alpha value is -1.03. The number of nitrogens with two attached hydrogens (primary N) is 1. The summed E-state index contributed by atoms with van der Waals surface area (Å²) >= 11 is 0. The van der Waals surface area contributed by atoms with Crippen molar-refractivity contribution in [2.75, 3.05) is 0 Å². The molecule has 0 bridgehead atoms. The predicted molar refractivity (Wildman–Crippen MR) is 24.3 cm³/mol. The van der Waals surface area contributed by atoms with Crippen molar-refractivity contribution in [3.05, 3.63) is 12.3 Å². The third kappa shape index (κ3) is 0.788. The highest BCUT2D eigenvalue weighted by Crippen LogP contribution is 2.02. The van der Waals surface area contributed by atoms with Gasteiger partial charge in [-0.1, -0.05) is 0 Å². The maximum absolute atomic E-state index is 10.2. The quantitative estimate of drug-likeness (QED) is 0.460. The minimum atomic E-state index is -0.699. The van der Waals surface area contributed by atoms with Crippen molar-refractivity contribution < 1.29 is 14.6 Å². The molecule has 0 spiro atoms. The van der Waals surface area contributed by atoms with Crippen molar-refractivity contribution in [1.29, 1.82) is 0 Å². The number of hydrogen-bond donors (Lipinski definition) is 1. The van der Waals surface area contributed by atoms with Crippen LogP contribution in [0.2, 0.25) is 0 Å².